The number of fused-ring (bicyclic) bond motifs is 1. The fourth-order valence-electron chi connectivity index (χ4n) is 3.00. The van der Waals surface area contributed by atoms with Crippen LogP contribution in [0.15, 0.2) is 41.3 Å². The summed E-state index contributed by atoms with van der Waals surface area (Å²) < 4.78 is 11.3. The van der Waals surface area contributed by atoms with Gasteiger partial charge in [-0.05, 0) is 80.8 Å². The van der Waals surface area contributed by atoms with Crippen molar-refractivity contribution in [2.75, 3.05) is 12.4 Å². The summed E-state index contributed by atoms with van der Waals surface area (Å²) in [5, 5.41) is 9.28. The largest absolute Gasteiger partial charge is 0.492 e. The number of hydrogen-bond donors (Lipinski definition) is 1. The molecule has 1 aliphatic rings. The first kappa shape index (κ1) is 21.0. The van der Waals surface area contributed by atoms with Crippen LogP contribution in [0.5, 0.6) is 11.5 Å². The third-order valence-electron chi connectivity index (χ3n) is 4.61. The van der Waals surface area contributed by atoms with Gasteiger partial charge in [0.15, 0.2) is 11.4 Å². The van der Waals surface area contributed by atoms with Crippen molar-refractivity contribution in [2.45, 2.75) is 38.2 Å². The van der Waals surface area contributed by atoms with Crippen LogP contribution in [-0.2, 0) is 4.79 Å². The zero-order chi connectivity index (χ0) is 21.2. The fourth-order valence-corrected chi connectivity index (χ4v) is 3.82. The molecule has 0 saturated carbocycles. The van der Waals surface area contributed by atoms with Gasteiger partial charge in [0, 0.05) is 16.2 Å². The number of carbonyl (C=O) groups is 2. The second-order valence-electron chi connectivity index (χ2n) is 7.46. The van der Waals surface area contributed by atoms with Crippen molar-refractivity contribution >= 4 is 29.6 Å². The van der Waals surface area contributed by atoms with Crippen molar-refractivity contribution in [2.24, 2.45) is 0 Å². The van der Waals surface area contributed by atoms with E-state index in [2.05, 4.69) is 0 Å². The van der Waals surface area contributed by atoms with Crippen LogP contribution in [-0.4, -0.2) is 34.8 Å². The molecule has 0 fully saturated rings. The van der Waals surface area contributed by atoms with E-state index in [9.17, 15) is 14.7 Å². The first-order chi connectivity index (χ1) is 13.7. The van der Waals surface area contributed by atoms with E-state index >= 15 is 0 Å². The minimum Gasteiger partial charge on any atom is -0.492 e. The van der Waals surface area contributed by atoms with Crippen molar-refractivity contribution in [1.29, 1.82) is 0 Å². The summed E-state index contributed by atoms with van der Waals surface area (Å²) in [6.45, 7) is 7.40. The lowest BCUT2D eigenvalue weighted by molar-refractivity contribution is -0.152. The zero-order valence-corrected chi connectivity index (χ0v) is 17.8. The number of benzene rings is 2. The zero-order valence-electron chi connectivity index (χ0n) is 16.9. The first-order valence-electron chi connectivity index (χ1n) is 9.33. The summed E-state index contributed by atoms with van der Waals surface area (Å²) >= 11 is 1.73. The topological polar surface area (TPSA) is 72.8 Å². The summed E-state index contributed by atoms with van der Waals surface area (Å²) in [6.07, 6.45) is 3.29. The van der Waals surface area contributed by atoms with E-state index in [0.717, 1.165) is 33.1 Å². The lowest BCUT2D eigenvalue weighted by atomic mass is 10.0. The second kappa shape index (κ2) is 8.33. The van der Waals surface area contributed by atoms with Crippen LogP contribution in [0.1, 0.15) is 40.9 Å². The summed E-state index contributed by atoms with van der Waals surface area (Å²) in [5.74, 6) is 1.09. The highest BCUT2D eigenvalue weighted by molar-refractivity contribution is 7.99. The molecule has 1 aliphatic heterocycles. The molecule has 2 aromatic carbocycles. The number of carbonyl (C=O) groups excluding carboxylic acids is 1. The van der Waals surface area contributed by atoms with Gasteiger partial charge in [-0.3, -0.25) is 4.79 Å². The minimum absolute atomic E-state index is 0.102. The minimum atomic E-state index is -1.32. The Bertz CT molecular complexity index is 968. The Morgan fingerprint density at radius 1 is 1.17 bits per heavy atom. The molecule has 1 heterocycles. The van der Waals surface area contributed by atoms with E-state index in [0.29, 0.717) is 17.9 Å². The highest BCUT2D eigenvalue weighted by atomic mass is 32.2. The number of carboxylic acid groups (broad SMARTS) is 1. The Balaban J connectivity index is 1.78. The standard InChI is InChI=1S/C23H24O5S/c1-14-11-16(12-15(2)21(14)28-23(3,4)22(25)26)5-7-18(24)17-6-8-20-19(13-17)27-9-10-29-20/h5-8,11-13H,9-10H2,1-4H3,(H,25,26)/b7-5+. The van der Waals surface area contributed by atoms with Gasteiger partial charge in [-0.1, -0.05) is 6.08 Å². The van der Waals surface area contributed by atoms with Crippen molar-refractivity contribution < 1.29 is 24.2 Å². The molecule has 152 valence electrons. The lowest BCUT2D eigenvalue weighted by Gasteiger charge is -2.24. The van der Waals surface area contributed by atoms with Crippen molar-refractivity contribution in [3.8, 4) is 11.5 Å². The predicted molar refractivity (Wildman–Crippen MR) is 114 cm³/mol. The number of ether oxygens (including phenoxy) is 2. The van der Waals surface area contributed by atoms with Gasteiger partial charge in [-0.15, -0.1) is 11.8 Å². The molecule has 0 atom stereocenters. The predicted octanol–water partition coefficient (Wildman–Crippen LogP) is 4.93. The molecule has 0 aromatic heterocycles. The molecule has 0 radical (unpaired) electrons. The molecule has 1 N–H and O–H groups in total. The number of thioether (sulfide) groups is 1. The van der Waals surface area contributed by atoms with Crippen molar-refractivity contribution in [3.63, 3.8) is 0 Å². The third-order valence-corrected chi connectivity index (χ3v) is 5.63. The van der Waals surface area contributed by atoms with E-state index < -0.39 is 11.6 Å². The van der Waals surface area contributed by atoms with Gasteiger partial charge in [0.05, 0.1) is 6.61 Å². The van der Waals surface area contributed by atoms with E-state index in [4.69, 9.17) is 9.47 Å². The van der Waals surface area contributed by atoms with E-state index in [-0.39, 0.29) is 5.78 Å². The van der Waals surface area contributed by atoms with Gasteiger partial charge in [-0.2, -0.15) is 0 Å². The van der Waals surface area contributed by atoms with Gasteiger partial charge >= 0.3 is 5.97 Å². The van der Waals surface area contributed by atoms with Crippen LogP contribution in [0, 0.1) is 13.8 Å². The Kier molecular flexibility index (Phi) is 6.03. The molecule has 6 heteroatoms. The maximum absolute atomic E-state index is 12.6. The Morgan fingerprint density at radius 3 is 2.52 bits per heavy atom. The van der Waals surface area contributed by atoms with E-state index in [1.807, 2.05) is 38.1 Å². The molecule has 29 heavy (non-hydrogen) atoms. The quantitative estimate of drug-likeness (QED) is 0.536. The van der Waals surface area contributed by atoms with E-state index in [1.165, 1.54) is 19.9 Å². The first-order valence-corrected chi connectivity index (χ1v) is 10.3. The number of carboxylic acids is 1. The second-order valence-corrected chi connectivity index (χ2v) is 8.59. The van der Waals surface area contributed by atoms with Crippen LogP contribution < -0.4 is 9.47 Å². The van der Waals surface area contributed by atoms with Gasteiger partial charge in [0.2, 0.25) is 0 Å². The third kappa shape index (κ3) is 4.82. The monoisotopic (exact) mass is 412 g/mol. The van der Waals surface area contributed by atoms with Crippen LogP contribution >= 0.6 is 11.8 Å². The maximum Gasteiger partial charge on any atom is 0.347 e. The van der Waals surface area contributed by atoms with Crippen molar-refractivity contribution in [3.05, 3.63) is 58.7 Å². The molecule has 5 nitrogen and oxygen atoms in total. The Morgan fingerprint density at radius 2 is 1.86 bits per heavy atom. The van der Waals surface area contributed by atoms with Crippen molar-refractivity contribution in [1.82, 2.24) is 0 Å². The summed E-state index contributed by atoms with van der Waals surface area (Å²) in [6, 6.07) is 9.27. The summed E-state index contributed by atoms with van der Waals surface area (Å²) in [5.41, 5.74) is 1.73. The smallest absolute Gasteiger partial charge is 0.347 e. The Labute approximate surface area is 174 Å². The van der Waals surface area contributed by atoms with Gasteiger partial charge in [0.25, 0.3) is 0 Å². The maximum atomic E-state index is 12.6. The molecule has 0 spiro atoms. The number of ketones is 1. The number of hydrogen-bond acceptors (Lipinski definition) is 5. The van der Waals surface area contributed by atoms with Gasteiger partial charge < -0.3 is 14.6 Å². The average molecular weight is 413 g/mol. The molecule has 0 aliphatic carbocycles. The van der Waals surface area contributed by atoms with Crippen LogP contribution in [0.4, 0.5) is 0 Å². The van der Waals surface area contributed by atoms with Crippen LogP contribution in [0.3, 0.4) is 0 Å². The lowest BCUT2D eigenvalue weighted by Crippen LogP contribution is -2.38. The van der Waals surface area contributed by atoms with E-state index in [1.54, 1.807) is 23.9 Å². The summed E-state index contributed by atoms with van der Waals surface area (Å²) in [4.78, 5) is 25.0. The number of aryl methyl sites for hydroxylation is 2. The van der Waals surface area contributed by atoms with Gasteiger partial charge in [-0.25, -0.2) is 4.79 Å². The average Bonchev–Trinajstić information content (AvgIpc) is 2.68. The molecular formula is C23H24O5S. The fraction of sp³-hybridized carbons (Fsp3) is 0.304. The highest BCUT2D eigenvalue weighted by Crippen LogP contribution is 2.34. The molecular weight excluding hydrogens is 388 g/mol. The summed E-state index contributed by atoms with van der Waals surface area (Å²) in [7, 11) is 0. The SMILES string of the molecule is Cc1cc(/C=C/C(=O)c2ccc3c(c2)OCCS3)cc(C)c1OC(C)(C)C(=O)O. The molecule has 0 bridgehead atoms. The van der Waals surface area contributed by atoms with Crippen LogP contribution in [0.2, 0.25) is 0 Å². The Hall–Kier alpha value is -2.73. The number of allylic oxidation sites excluding steroid dienone is 1. The molecule has 3 rings (SSSR count). The normalized spacial score (nSPS) is 13.7. The molecule has 0 unspecified atom stereocenters. The van der Waals surface area contributed by atoms with Gasteiger partial charge in [0.1, 0.15) is 11.5 Å². The molecule has 0 saturated heterocycles. The molecule has 2 aromatic rings. The number of aliphatic carboxylic acids is 1. The number of rotatable bonds is 6. The van der Waals surface area contributed by atoms with Crippen LogP contribution in [0.25, 0.3) is 6.08 Å². The highest BCUT2D eigenvalue weighted by Gasteiger charge is 2.30. The molecule has 0 amide bonds.